The van der Waals surface area contributed by atoms with Crippen molar-refractivity contribution in [2.75, 3.05) is 13.2 Å². The molecule has 1 aromatic rings. The van der Waals surface area contributed by atoms with E-state index in [1.54, 1.807) is 30.9 Å². The predicted octanol–water partition coefficient (Wildman–Crippen LogP) is 2.67. The van der Waals surface area contributed by atoms with Gasteiger partial charge < -0.3 is 29.7 Å². The molecular weight excluding hydrogens is 550 g/mol. The van der Waals surface area contributed by atoms with Gasteiger partial charge in [0.2, 0.25) is 17.7 Å². The highest BCUT2D eigenvalue weighted by Gasteiger charge is 2.74. The van der Waals surface area contributed by atoms with Gasteiger partial charge >= 0.3 is 5.97 Å². The Labute approximate surface area is 253 Å². The standard InChI is InChI=1S/C33H43N3O7/c1-5-12-20(2)35-18-11-7-10-15-25(38)34-22(4)28(23-13-8-6-9-14-23)42-32(41)26-24-16-17-33(43-24)27(26)30(39)36(21(3)19-37)29(33)31(35)40/h6-9,11,13-14,16-17,20-22,24,26-29,37H,5,10,12,15,18-19H2,1-4H3,(H,34,38)/b11-7-/t20?,21-,22+,24-,26+,27+,28-,29-,33+/m1/s1. The topological polar surface area (TPSA) is 125 Å². The smallest absolute Gasteiger partial charge is 0.313 e. The van der Waals surface area contributed by atoms with Crippen LogP contribution in [0, 0.1) is 11.8 Å². The molecule has 9 atom stereocenters. The molecule has 5 bridgehead atoms. The van der Waals surface area contributed by atoms with Gasteiger partial charge in [-0.2, -0.15) is 0 Å². The van der Waals surface area contributed by atoms with Gasteiger partial charge in [-0.15, -0.1) is 0 Å². The summed E-state index contributed by atoms with van der Waals surface area (Å²) in [5, 5.41) is 13.1. The molecule has 1 spiro atoms. The number of amides is 3. The van der Waals surface area contributed by atoms with Crippen LogP contribution in [0.3, 0.4) is 0 Å². The lowest BCUT2D eigenvalue weighted by Gasteiger charge is -2.39. The van der Waals surface area contributed by atoms with E-state index in [9.17, 15) is 24.3 Å². The summed E-state index contributed by atoms with van der Waals surface area (Å²) in [6, 6.07) is 6.76. The lowest BCUT2D eigenvalue weighted by atomic mass is 9.74. The van der Waals surface area contributed by atoms with E-state index in [1.807, 2.05) is 56.3 Å². The van der Waals surface area contributed by atoms with Gasteiger partial charge in [0.1, 0.15) is 23.7 Å². The van der Waals surface area contributed by atoms with Gasteiger partial charge in [-0.3, -0.25) is 19.2 Å². The Morgan fingerprint density at radius 2 is 1.81 bits per heavy atom. The fourth-order valence-corrected chi connectivity index (χ4v) is 7.16. The summed E-state index contributed by atoms with van der Waals surface area (Å²) in [6.07, 6.45) is 8.04. The van der Waals surface area contributed by atoms with Crippen molar-refractivity contribution in [1.29, 1.82) is 0 Å². The molecule has 0 aromatic heterocycles. The first-order chi connectivity index (χ1) is 20.6. The molecule has 232 valence electrons. The normalized spacial score (nSPS) is 35.0. The number of hydrogen-bond acceptors (Lipinski definition) is 7. The second kappa shape index (κ2) is 12.6. The largest absolute Gasteiger partial charge is 0.455 e. The molecule has 10 nitrogen and oxygen atoms in total. The first-order valence-corrected chi connectivity index (χ1v) is 15.4. The first-order valence-electron chi connectivity index (χ1n) is 15.4. The number of cyclic esters (lactones) is 1. The average molecular weight is 594 g/mol. The Kier molecular flexibility index (Phi) is 9.08. The third-order valence-corrected chi connectivity index (χ3v) is 9.30. The summed E-state index contributed by atoms with van der Waals surface area (Å²) in [5.74, 6) is -3.50. The highest BCUT2D eigenvalue weighted by Crippen LogP contribution is 2.56. The number of esters is 1. The number of benzene rings is 1. The van der Waals surface area contributed by atoms with Crippen LogP contribution in [0.15, 0.2) is 54.6 Å². The van der Waals surface area contributed by atoms with E-state index >= 15 is 0 Å². The summed E-state index contributed by atoms with van der Waals surface area (Å²) in [5.41, 5.74) is -0.659. The third-order valence-electron chi connectivity index (χ3n) is 9.30. The van der Waals surface area contributed by atoms with Crippen molar-refractivity contribution in [3.8, 4) is 0 Å². The molecule has 2 fully saturated rings. The van der Waals surface area contributed by atoms with E-state index < -0.39 is 59.6 Å². The Morgan fingerprint density at radius 1 is 1.07 bits per heavy atom. The quantitative estimate of drug-likeness (QED) is 0.384. The van der Waals surface area contributed by atoms with Crippen LogP contribution in [-0.4, -0.2) is 87.6 Å². The van der Waals surface area contributed by atoms with Crippen molar-refractivity contribution in [1.82, 2.24) is 15.1 Å². The van der Waals surface area contributed by atoms with Gasteiger partial charge in [-0.1, -0.05) is 68.0 Å². The minimum atomic E-state index is -1.37. The number of ether oxygens (including phenoxy) is 2. The highest BCUT2D eigenvalue weighted by atomic mass is 16.6. The molecule has 0 radical (unpaired) electrons. The molecule has 2 saturated heterocycles. The predicted molar refractivity (Wildman–Crippen MR) is 158 cm³/mol. The summed E-state index contributed by atoms with van der Waals surface area (Å²) in [7, 11) is 0. The Balaban J connectivity index is 1.59. The Morgan fingerprint density at radius 3 is 2.51 bits per heavy atom. The molecule has 1 aromatic carbocycles. The Bertz CT molecular complexity index is 1280. The fourth-order valence-electron chi connectivity index (χ4n) is 7.16. The molecule has 4 aliphatic heterocycles. The number of allylic oxidation sites excluding steroid dienone is 1. The monoisotopic (exact) mass is 593 g/mol. The van der Waals surface area contributed by atoms with Gasteiger partial charge in [0.05, 0.1) is 30.7 Å². The van der Waals surface area contributed by atoms with E-state index in [0.29, 0.717) is 18.5 Å². The minimum Gasteiger partial charge on any atom is -0.455 e. The van der Waals surface area contributed by atoms with Gasteiger partial charge in [0, 0.05) is 19.0 Å². The molecule has 43 heavy (non-hydrogen) atoms. The van der Waals surface area contributed by atoms with Gasteiger partial charge in [0.25, 0.3) is 0 Å². The second-order valence-electron chi connectivity index (χ2n) is 12.2. The van der Waals surface area contributed by atoms with E-state index in [2.05, 4.69) is 5.32 Å². The number of aliphatic hydroxyl groups is 1. The Hall–Kier alpha value is -3.50. The van der Waals surface area contributed by atoms with Crippen LogP contribution in [0.25, 0.3) is 0 Å². The van der Waals surface area contributed by atoms with Crippen LogP contribution in [0.1, 0.15) is 65.0 Å². The molecule has 3 amide bonds. The molecule has 1 unspecified atom stereocenters. The van der Waals surface area contributed by atoms with E-state index in [1.165, 1.54) is 4.90 Å². The van der Waals surface area contributed by atoms with Crippen LogP contribution in [0.4, 0.5) is 0 Å². The van der Waals surface area contributed by atoms with Crippen molar-refractivity contribution in [3.63, 3.8) is 0 Å². The number of carbonyl (C=O) groups excluding carboxylic acids is 4. The summed E-state index contributed by atoms with van der Waals surface area (Å²) in [6.45, 7) is 7.45. The maximum absolute atomic E-state index is 14.5. The molecule has 0 saturated carbocycles. The molecule has 4 heterocycles. The lowest BCUT2D eigenvalue weighted by Crippen LogP contribution is -2.59. The summed E-state index contributed by atoms with van der Waals surface area (Å²) >= 11 is 0. The van der Waals surface area contributed by atoms with Crippen LogP contribution < -0.4 is 5.32 Å². The first kappa shape index (κ1) is 30.9. The summed E-state index contributed by atoms with van der Waals surface area (Å²) in [4.78, 5) is 58.9. The molecule has 2 N–H and O–H groups in total. The van der Waals surface area contributed by atoms with Crippen LogP contribution in [-0.2, 0) is 28.7 Å². The van der Waals surface area contributed by atoms with Crippen molar-refractivity contribution >= 4 is 23.7 Å². The van der Waals surface area contributed by atoms with Gasteiger partial charge in [-0.25, -0.2) is 0 Å². The number of carbonyl (C=O) groups is 4. The zero-order valence-corrected chi connectivity index (χ0v) is 25.3. The van der Waals surface area contributed by atoms with E-state index in [-0.39, 0.29) is 30.9 Å². The van der Waals surface area contributed by atoms with E-state index in [4.69, 9.17) is 9.47 Å². The van der Waals surface area contributed by atoms with Gasteiger partial charge in [-0.05, 0) is 39.2 Å². The molecular formula is C33H43N3O7. The zero-order valence-electron chi connectivity index (χ0n) is 25.3. The van der Waals surface area contributed by atoms with E-state index in [0.717, 1.165) is 12.8 Å². The van der Waals surface area contributed by atoms with Crippen molar-refractivity contribution in [2.24, 2.45) is 11.8 Å². The van der Waals surface area contributed by atoms with Crippen LogP contribution in [0.2, 0.25) is 0 Å². The van der Waals surface area contributed by atoms with Crippen LogP contribution in [0.5, 0.6) is 0 Å². The average Bonchev–Trinajstić information content (AvgIpc) is 3.64. The number of fused-ring (bicyclic) bond motifs is 2. The number of nitrogens with one attached hydrogen (secondary N) is 1. The van der Waals surface area contributed by atoms with Crippen molar-refractivity contribution < 1.29 is 33.8 Å². The molecule has 10 heteroatoms. The van der Waals surface area contributed by atoms with Gasteiger partial charge in [0.15, 0.2) is 0 Å². The number of likely N-dealkylation sites (tertiary alicyclic amines) is 1. The maximum atomic E-state index is 14.5. The molecule has 0 aliphatic carbocycles. The SMILES string of the molecule is CCCC(C)N1C/C=C\CCC(=O)N[C@@H](C)[C@H](c2ccccc2)OC(=O)[C@@H]2[C@H]3C(=O)N([C@H](C)CO)[C@H](C1=O)[C@]31C=C[C@H]2O1. The zero-order chi connectivity index (χ0) is 30.9. The number of rotatable bonds is 6. The third kappa shape index (κ3) is 5.51. The fraction of sp³-hybridized carbons (Fsp3) is 0.576. The minimum absolute atomic E-state index is 0.139. The maximum Gasteiger partial charge on any atom is 0.313 e. The van der Waals surface area contributed by atoms with Crippen molar-refractivity contribution in [3.05, 3.63) is 60.2 Å². The summed E-state index contributed by atoms with van der Waals surface area (Å²) < 4.78 is 12.6. The van der Waals surface area contributed by atoms with Crippen molar-refractivity contribution in [2.45, 2.75) is 95.4 Å². The molecule has 5 rings (SSSR count). The lowest BCUT2D eigenvalue weighted by molar-refractivity contribution is -0.162. The number of nitrogens with zero attached hydrogens (tertiary/aromatic N) is 2. The number of aliphatic hydroxyl groups excluding tert-OH is 1. The van der Waals surface area contributed by atoms with Crippen LogP contribution >= 0.6 is 0 Å². The molecule has 4 aliphatic rings. The highest BCUT2D eigenvalue weighted by molar-refractivity contribution is 5.99. The second-order valence-corrected chi connectivity index (χ2v) is 12.2. The number of hydrogen-bond donors (Lipinski definition) is 2.